The molecule has 0 radical (unpaired) electrons. The van der Waals surface area contributed by atoms with E-state index >= 15 is 0 Å². The number of carbonyl (C=O) groups excluding carboxylic acids is 1. The molecule has 0 spiro atoms. The van der Waals surface area contributed by atoms with Gasteiger partial charge in [-0.25, -0.2) is 8.78 Å². The van der Waals surface area contributed by atoms with Crippen molar-refractivity contribution in [2.45, 2.75) is 23.2 Å². The molecule has 0 fully saturated rings. The maximum Gasteiger partial charge on any atom is 0.279 e. The van der Waals surface area contributed by atoms with Crippen LogP contribution in [0, 0.1) is 11.6 Å². The Balaban J connectivity index is 1.75. The van der Waals surface area contributed by atoms with Crippen LogP contribution < -0.4 is 10.9 Å². The fourth-order valence-electron chi connectivity index (χ4n) is 3.48. The predicted octanol–water partition coefficient (Wildman–Crippen LogP) is 4.48. The summed E-state index contributed by atoms with van der Waals surface area (Å²) in [6.45, 7) is 0. The summed E-state index contributed by atoms with van der Waals surface area (Å²) in [4.78, 5) is 29.4. The number of amides is 1. The van der Waals surface area contributed by atoms with Gasteiger partial charge >= 0.3 is 0 Å². The summed E-state index contributed by atoms with van der Waals surface area (Å²) >= 11 is 7.49. The monoisotopic (exact) mass is 447 g/mol. The highest BCUT2D eigenvalue weighted by molar-refractivity contribution is 7.98. The Morgan fingerprint density at radius 2 is 1.90 bits per heavy atom. The number of hydrogen-bond donors (Lipinski definition) is 1. The van der Waals surface area contributed by atoms with Gasteiger partial charge in [-0.05, 0) is 29.3 Å². The molecule has 0 unspecified atom stereocenters. The van der Waals surface area contributed by atoms with Crippen LogP contribution in [-0.4, -0.2) is 15.5 Å². The fraction of sp³-hybridized carbons (Fsp3) is 0.190. The lowest BCUT2D eigenvalue weighted by Crippen LogP contribution is -2.33. The first-order valence-corrected chi connectivity index (χ1v) is 10.4. The lowest BCUT2D eigenvalue weighted by molar-refractivity contribution is -0.116. The highest BCUT2D eigenvalue weighted by Crippen LogP contribution is 2.36. The molecule has 1 aliphatic heterocycles. The molecule has 30 heavy (non-hydrogen) atoms. The quantitative estimate of drug-likeness (QED) is 0.473. The van der Waals surface area contributed by atoms with E-state index in [1.807, 2.05) is 18.2 Å². The number of hydrogen-bond acceptors (Lipinski definition) is 4. The SMILES string of the molecule is Cn1c(SCc2ccccc2Cl)nc(=O)c2c1NC(=O)C[C@H]2c1cc(F)cc(F)c1. The molecule has 4 rings (SSSR count). The van der Waals surface area contributed by atoms with Gasteiger partial charge in [0, 0.05) is 36.2 Å². The molecule has 1 N–H and O–H groups in total. The second-order valence-electron chi connectivity index (χ2n) is 6.91. The number of rotatable bonds is 4. The number of benzene rings is 2. The molecule has 2 aromatic carbocycles. The zero-order chi connectivity index (χ0) is 21.4. The van der Waals surface area contributed by atoms with Crippen molar-refractivity contribution in [1.29, 1.82) is 0 Å². The zero-order valence-electron chi connectivity index (χ0n) is 15.8. The van der Waals surface area contributed by atoms with Gasteiger partial charge in [0.1, 0.15) is 17.5 Å². The van der Waals surface area contributed by atoms with Crippen molar-refractivity contribution in [1.82, 2.24) is 9.55 Å². The Hall–Kier alpha value is -2.71. The van der Waals surface area contributed by atoms with Gasteiger partial charge in [-0.15, -0.1) is 0 Å². The summed E-state index contributed by atoms with van der Waals surface area (Å²) in [7, 11) is 1.68. The third kappa shape index (κ3) is 3.97. The minimum atomic E-state index is -0.784. The van der Waals surface area contributed by atoms with Crippen LogP contribution in [0.5, 0.6) is 0 Å². The molecular weight excluding hydrogens is 432 g/mol. The Kier molecular flexibility index (Phi) is 5.62. The van der Waals surface area contributed by atoms with E-state index in [2.05, 4.69) is 10.3 Å². The topological polar surface area (TPSA) is 64.0 Å². The average Bonchev–Trinajstić information content (AvgIpc) is 2.69. The largest absolute Gasteiger partial charge is 0.312 e. The Bertz CT molecular complexity index is 1200. The summed E-state index contributed by atoms with van der Waals surface area (Å²) in [6, 6.07) is 10.4. The lowest BCUT2D eigenvalue weighted by Gasteiger charge is -2.27. The number of halogens is 3. The van der Waals surface area contributed by atoms with E-state index in [-0.39, 0.29) is 29.3 Å². The Morgan fingerprint density at radius 3 is 2.60 bits per heavy atom. The molecule has 9 heteroatoms. The number of thioether (sulfide) groups is 1. The van der Waals surface area contributed by atoms with Crippen LogP contribution in [0.4, 0.5) is 14.6 Å². The first kappa shape index (κ1) is 20.6. The molecule has 2 heterocycles. The zero-order valence-corrected chi connectivity index (χ0v) is 17.4. The third-order valence-electron chi connectivity index (χ3n) is 4.90. The second-order valence-corrected chi connectivity index (χ2v) is 8.26. The van der Waals surface area contributed by atoms with Crippen LogP contribution in [0.15, 0.2) is 52.4 Å². The number of fused-ring (bicyclic) bond motifs is 1. The van der Waals surface area contributed by atoms with Crippen molar-refractivity contribution in [3.8, 4) is 0 Å². The van der Waals surface area contributed by atoms with E-state index in [9.17, 15) is 18.4 Å². The van der Waals surface area contributed by atoms with Crippen LogP contribution in [0.2, 0.25) is 5.02 Å². The van der Waals surface area contributed by atoms with Crippen LogP contribution in [0.3, 0.4) is 0 Å². The van der Waals surface area contributed by atoms with E-state index in [4.69, 9.17) is 11.6 Å². The summed E-state index contributed by atoms with van der Waals surface area (Å²) in [5.74, 6) is -1.91. The van der Waals surface area contributed by atoms with E-state index in [1.54, 1.807) is 17.7 Å². The van der Waals surface area contributed by atoms with Gasteiger partial charge in [0.2, 0.25) is 5.91 Å². The maximum absolute atomic E-state index is 13.7. The van der Waals surface area contributed by atoms with Crippen LogP contribution in [-0.2, 0) is 17.6 Å². The average molecular weight is 448 g/mol. The van der Waals surface area contributed by atoms with Crippen molar-refractivity contribution in [3.05, 3.63) is 86.2 Å². The molecular formula is C21H16ClF2N3O2S. The minimum Gasteiger partial charge on any atom is -0.312 e. The Morgan fingerprint density at radius 1 is 1.20 bits per heavy atom. The van der Waals surface area contributed by atoms with Gasteiger partial charge in [0.05, 0.1) is 5.56 Å². The van der Waals surface area contributed by atoms with Gasteiger partial charge in [0.25, 0.3) is 5.56 Å². The summed E-state index contributed by atoms with van der Waals surface area (Å²) in [5.41, 5.74) is 0.774. The first-order valence-electron chi connectivity index (χ1n) is 9.06. The first-order chi connectivity index (χ1) is 14.3. The number of carbonyl (C=O) groups is 1. The standard InChI is InChI=1S/C21H16ClF2N3O2S/c1-27-19-18(15(9-17(28)25-19)12-6-13(23)8-14(24)7-12)20(29)26-21(27)30-10-11-4-2-3-5-16(11)22/h2-8,15H,9-10H2,1H3,(H,25,28)/t15-/m0/s1. The van der Waals surface area contributed by atoms with Crippen LogP contribution in [0.1, 0.15) is 29.0 Å². The number of aromatic nitrogens is 2. The lowest BCUT2D eigenvalue weighted by atomic mass is 9.86. The molecule has 5 nitrogen and oxygen atoms in total. The molecule has 1 aliphatic rings. The summed E-state index contributed by atoms with van der Waals surface area (Å²) < 4.78 is 29.1. The van der Waals surface area contributed by atoms with Gasteiger partial charge in [0.15, 0.2) is 5.16 Å². The van der Waals surface area contributed by atoms with E-state index in [1.165, 1.54) is 11.8 Å². The fourth-order valence-corrected chi connectivity index (χ4v) is 4.73. The molecule has 1 aromatic heterocycles. The molecule has 0 saturated carbocycles. The van der Waals surface area contributed by atoms with E-state index in [0.717, 1.165) is 23.8 Å². The van der Waals surface area contributed by atoms with Gasteiger partial charge in [-0.1, -0.05) is 41.6 Å². The van der Waals surface area contributed by atoms with Crippen LogP contribution >= 0.6 is 23.4 Å². The van der Waals surface area contributed by atoms with Crippen molar-refractivity contribution in [2.75, 3.05) is 5.32 Å². The smallest absolute Gasteiger partial charge is 0.279 e. The summed E-state index contributed by atoms with van der Waals surface area (Å²) in [6.07, 6.45) is -0.0983. The van der Waals surface area contributed by atoms with Crippen molar-refractivity contribution < 1.29 is 13.6 Å². The molecule has 1 amide bonds. The van der Waals surface area contributed by atoms with E-state index < -0.39 is 23.1 Å². The molecule has 154 valence electrons. The molecule has 1 atom stereocenters. The molecule has 0 saturated heterocycles. The summed E-state index contributed by atoms with van der Waals surface area (Å²) in [5, 5.41) is 3.70. The van der Waals surface area contributed by atoms with Crippen molar-refractivity contribution >= 4 is 35.1 Å². The van der Waals surface area contributed by atoms with Gasteiger partial charge < -0.3 is 9.88 Å². The highest BCUT2D eigenvalue weighted by atomic mass is 35.5. The highest BCUT2D eigenvalue weighted by Gasteiger charge is 2.32. The molecule has 0 aliphatic carbocycles. The predicted molar refractivity (Wildman–Crippen MR) is 112 cm³/mol. The number of nitrogens with one attached hydrogen (secondary N) is 1. The van der Waals surface area contributed by atoms with Gasteiger partial charge in [-0.3, -0.25) is 9.59 Å². The molecule has 3 aromatic rings. The Labute approximate surface area is 180 Å². The van der Waals surface area contributed by atoms with Crippen molar-refractivity contribution in [3.63, 3.8) is 0 Å². The second kappa shape index (κ2) is 8.20. The molecule has 0 bridgehead atoms. The maximum atomic E-state index is 13.7. The number of anilines is 1. The van der Waals surface area contributed by atoms with Crippen LogP contribution in [0.25, 0.3) is 0 Å². The third-order valence-corrected chi connectivity index (χ3v) is 6.35. The van der Waals surface area contributed by atoms with Gasteiger partial charge in [-0.2, -0.15) is 4.98 Å². The van der Waals surface area contributed by atoms with Crippen molar-refractivity contribution in [2.24, 2.45) is 7.05 Å². The normalized spacial score (nSPS) is 15.6. The van der Waals surface area contributed by atoms with E-state index in [0.29, 0.717) is 15.9 Å². The number of nitrogens with zero attached hydrogens (tertiary/aromatic N) is 2. The minimum absolute atomic E-state index is 0.0983.